The number of carbonyl (C=O) groups is 1. The number of morpholine rings is 1. The molecule has 22 heavy (non-hydrogen) atoms. The van der Waals surface area contributed by atoms with Crippen molar-refractivity contribution in [1.29, 1.82) is 0 Å². The molecule has 0 radical (unpaired) electrons. The first kappa shape index (κ1) is 17.7. The molecule has 2 aliphatic heterocycles. The Morgan fingerprint density at radius 1 is 1.45 bits per heavy atom. The number of ether oxygens (including phenoxy) is 1. The number of likely N-dealkylation sites (N-methyl/N-ethyl adjacent to an activating group) is 2. The Morgan fingerprint density at radius 2 is 2.23 bits per heavy atom. The van der Waals surface area contributed by atoms with Crippen LogP contribution in [0.15, 0.2) is 0 Å². The molecule has 2 rings (SSSR count). The van der Waals surface area contributed by atoms with Crippen molar-refractivity contribution in [2.45, 2.75) is 25.5 Å². The average Bonchev–Trinajstić information content (AvgIpc) is 2.80. The van der Waals surface area contributed by atoms with Crippen molar-refractivity contribution in [3.8, 4) is 0 Å². The molecule has 7 nitrogen and oxygen atoms in total. The van der Waals surface area contributed by atoms with Crippen LogP contribution in [0.1, 0.15) is 13.3 Å². The van der Waals surface area contributed by atoms with Gasteiger partial charge in [-0.25, -0.2) is 8.42 Å². The molecule has 0 bridgehead atoms. The summed E-state index contributed by atoms with van der Waals surface area (Å²) in [4.78, 5) is 16.2. The summed E-state index contributed by atoms with van der Waals surface area (Å²) in [6, 6.07) is -0.165. The molecule has 2 saturated heterocycles. The molecule has 0 aromatic carbocycles. The summed E-state index contributed by atoms with van der Waals surface area (Å²) in [5, 5.41) is 3.14. The first-order valence-electron chi connectivity index (χ1n) is 7.92. The fourth-order valence-corrected chi connectivity index (χ4v) is 4.82. The molecule has 2 fully saturated rings. The van der Waals surface area contributed by atoms with Crippen LogP contribution < -0.4 is 5.32 Å². The third-order valence-electron chi connectivity index (χ3n) is 4.30. The van der Waals surface area contributed by atoms with E-state index in [0.29, 0.717) is 19.5 Å². The summed E-state index contributed by atoms with van der Waals surface area (Å²) in [6.45, 7) is 5.82. The van der Waals surface area contributed by atoms with Crippen molar-refractivity contribution in [3.05, 3.63) is 0 Å². The third-order valence-corrected chi connectivity index (χ3v) is 6.05. The van der Waals surface area contributed by atoms with E-state index in [4.69, 9.17) is 4.74 Å². The molecule has 8 heteroatoms. The Hall–Kier alpha value is -0.700. The van der Waals surface area contributed by atoms with Crippen LogP contribution in [0, 0.1) is 0 Å². The van der Waals surface area contributed by atoms with Crippen LogP contribution in [0.4, 0.5) is 0 Å². The fourth-order valence-electron chi connectivity index (χ4n) is 3.09. The second-order valence-electron chi connectivity index (χ2n) is 6.12. The van der Waals surface area contributed by atoms with E-state index in [2.05, 4.69) is 17.3 Å². The van der Waals surface area contributed by atoms with E-state index in [9.17, 15) is 13.2 Å². The van der Waals surface area contributed by atoms with Crippen LogP contribution in [0.3, 0.4) is 0 Å². The number of rotatable bonds is 6. The van der Waals surface area contributed by atoms with Crippen molar-refractivity contribution in [1.82, 2.24) is 15.1 Å². The summed E-state index contributed by atoms with van der Waals surface area (Å²) in [5.74, 6) is 0.258. The minimum atomic E-state index is -2.97. The number of amides is 1. The molecule has 1 N–H and O–H groups in total. The van der Waals surface area contributed by atoms with E-state index < -0.39 is 9.84 Å². The fraction of sp³-hybridized carbons (Fsp3) is 0.929. The molecule has 0 aromatic heterocycles. The van der Waals surface area contributed by atoms with Crippen LogP contribution in [0.25, 0.3) is 0 Å². The second-order valence-corrected chi connectivity index (χ2v) is 8.35. The zero-order valence-electron chi connectivity index (χ0n) is 13.5. The highest BCUT2D eigenvalue weighted by atomic mass is 32.2. The highest BCUT2D eigenvalue weighted by molar-refractivity contribution is 7.91. The lowest BCUT2D eigenvalue weighted by atomic mass is 10.2. The van der Waals surface area contributed by atoms with Crippen molar-refractivity contribution in [2.75, 3.05) is 57.9 Å². The highest BCUT2D eigenvalue weighted by Gasteiger charge is 2.33. The molecule has 2 heterocycles. The molecular formula is C14H27N3O4S. The van der Waals surface area contributed by atoms with Crippen molar-refractivity contribution < 1.29 is 17.9 Å². The van der Waals surface area contributed by atoms with Gasteiger partial charge in [-0.05, 0) is 20.4 Å². The summed E-state index contributed by atoms with van der Waals surface area (Å²) in [6.07, 6.45) is 0.659. The molecule has 2 unspecified atom stereocenters. The predicted octanol–water partition coefficient (Wildman–Crippen LogP) is -1.06. The SMILES string of the molecule is CCN(C(=O)CNCC1CN(C)CCO1)C1CCS(=O)(=O)C1. The maximum Gasteiger partial charge on any atom is 0.236 e. The van der Waals surface area contributed by atoms with Crippen LogP contribution >= 0.6 is 0 Å². The number of nitrogens with one attached hydrogen (secondary N) is 1. The predicted molar refractivity (Wildman–Crippen MR) is 84.6 cm³/mol. The standard InChI is InChI=1S/C14H27N3O4S/c1-3-17(12-4-7-22(19,20)11-12)14(18)9-15-8-13-10-16(2)5-6-21-13/h12-13,15H,3-11H2,1-2H3. The quantitative estimate of drug-likeness (QED) is 0.668. The van der Waals surface area contributed by atoms with Gasteiger partial charge >= 0.3 is 0 Å². The highest BCUT2D eigenvalue weighted by Crippen LogP contribution is 2.17. The lowest BCUT2D eigenvalue weighted by Crippen LogP contribution is -2.48. The Labute approximate surface area is 132 Å². The first-order valence-corrected chi connectivity index (χ1v) is 9.74. The Bertz CT molecular complexity index is 482. The van der Waals surface area contributed by atoms with Gasteiger partial charge in [-0.3, -0.25) is 4.79 Å². The van der Waals surface area contributed by atoms with E-state index in [1.807, 2.05) is 6.92 Å². The van der Waals surface area contributed by atoms with Crippen LogP contribution in [-0.2, 0) is 19.4 Å². The van der Waals surface area contributed by atoms with Gasteiger partial charge < -0.3 is 19.9 Å². The van der Waals surface area contributed by atoms with E-state index in [0.717, 1.165) is 19.7 Å². The summed E-state index contributed by atoms with van der Waals surface area (Å²) in [7, 11) is -0.912. The second kappa shape index (κ2) is 7.72. The number of hydrogen-bond donors (Lipinski definition) is 1. The average molecular weight is 333 g/mol. The Balaban J connectivity index is 1.75. The molecule has 128 valence electrons. The maximum absolute atomic E-state index is 12.3. The zero-order chi connectivity index (χ0) is 16.2. The number of sulfone groups is 1. The molecule has 0 saturated carbocycles. The van der Waals surface area contributed by atoms with Crippen molar-refractivity contribution in [2.24, 2.45) is 0 Å². The minimum absolute atomic E-state index is 0.0336. The van der Waals surface area contributed by atoms with E-state index in [-0.39, 0.29) is 36.1 Å². The largest absolute Gasteiger partial charge is 0.374 e. The topological polar surface area (TPSA) is 79.0 Å². The van der Waals surface area contributed by atoms with Gasteiger partial charge in [-0.1, -0.05) is 0 Å². The van der Waals surface area contributed by atoms with Crippen LogP contribution in [-0.4, -0.2) is 94.2 Å². The zero-order valence-corrected chi connectivity index (χ0v) is 14.3. The van der Waals surface area contributed by atoms with Crippen LogP contribution in [0.5, 0.6) is 0 Å². The summed E-state index contributed by atoms with van der Waals surface area (Å²) >= 11 is 0. The smallest absolute Gasteiger partial charge is 0.236 e. The monoisotopic (exact) mass is 333 g/mol. The number of carbonyl (C=O) groups excluding carboxylic acids is 1. The minimum Gasteiger partial charge on any atom is -0.374 e. The normalized spacial score (nSPS) is 28.6. The third kappa shape index (κ3) is 4.91. The van der Waals surface area contributed by atoms with Gasteiger partial charge in [0.25, 0.3) is 0 Å². The van der Waals surface area contributed by atoms with Gasteiger partial charge in [0.2, 0.25) is 5.91 Å². The van der Waals surface area contributed by atoms with Gasteiger partial charge in [-0.15, -0.1) is 0 Å². The lowest BCUT2D eigenvalue weighted by molar-refractivity contribution is -0.132. The lowest BCUT2D eigenvalue weighted by Gasteiger charge is -2.31. The molecule has 2 atom stereocenters. The molecule has 0 spiro atoms. The van der Waals surface area contributed by atoms with Gasteiger partial charge in [0.15, 0.2) is 9.84 Å². The summed E-state index contributed by atoms with van der Waals surface area (Å²) in [5.41, 5.74) is 0. The molecule has 0 aliphatic carbocycles. The van der Waals surface area contributed by atoms with E-state index in [1.165, 1.54) is 0 Å². The molecule has 0 aromatic rings. The Kier molecular flexibility index (Phi) is 6.19. The van der Waals surface area contributed by atoms with Gasteiger partial charge in [0.1, 0.15) is 0 Å². The maximum atomic E-state index is 12.3. The van der Waals surface area contributed by atoms with Crippen molar-refractivity contribution in [3.63, 3.8) is 0 Å². The van der Waals surface area contributed by atoms with Gasteiger partial charge in [-0.2, -0.15) is 0 Å². The molecule has 1 amide bonds. The Morgan fingerprint density at radius 3 is 2.82 bits per heavy atom. The van der Waals surface area contributed by atoms with Crippen LogP contribution in [0.2, 0.25) is 0 Å². The van der Waals surface area contributed by atoms with Crippen molar-refractivity contribution >= 4 is 15.7 Å². The van der Waals surface area contributed by atoms with E-state index in [1.54, 1.807) is 4.90 Å². The summed E-state index contributed by atoms with van der Waals surface area (Å²) < 4.78 is 28.8. The van der Waals surface area contributed by atoms with Gasteiger partial charge in [0.05, 0.1) is 30.8 Å². The van der Waals surface area contributed by atoms with Gasteiger partial charge in [0, 0.05) is 32.2 Å². The number of hydrogen-bond acceptors (Lipinski definition) is 6. The molecular weight excluding hydrogens is 306 g/mol. The number of nitrogens with zero attached hydrogens (tertiary/aromatic N) is 2. The molecule has 2 aliphatic rings. The van der Waals surface area contributed by atoms with E-state index >= 15 is 0 Å². The first-order chi connectivity index (χ1) is 10.4.